The molecule has 192 valence electrons. The highest BCUT2D eigenvalue weighted by Gasteiger charge is 2.33. The molecule has 0 bridgehead atoms. The average molecular weight is 501 g/mol. The summed E-state index contributed by atoms with van der Waals surface area (Å²) in [6, 6.07) is 17.7. The first-order valence-electron chi connectivity index (χ1n) is 12.1. The lowest BCUT2D eigenvalue weighted by atomic mass is 9.91. The van der Waals surface area contributed by atoms with Crippen LogP contribution >= 0.6 is 0 Å². The summed E-state index contributed by atoms with van der Waals surface area (Å²) in [5.74, 6) is 0. The molecule has 0 spiro atoms. The van der Waals surface area contributed by atoms with Crippen LogP contribution in [-0.4, -0.2) is 47.8 Å². The maximum Gasteiger partial charge on any atom is 0.415 e. The molecule has 0 radical (unpaired) electrons. The molecule has 3 rings (SSSR count). The van der Waals surface area contributed by atoms with Gasteiger partial charge in [-0.3, -0.25) is 9.89 Å². The number of carbonyl (C=O) groups is 1. The Labute approximate surface area is 218 Å². The summed E-state index contributed by atoms with van der Waals surface area (Å²) in [5.41, 5.74) is 2.93. The zero-order valence-corrected chi connectivity index (χ0v) is 21.8. The Hall–Kier alpha value is -3.98. The van der Waals surface area contributed by atoms with Crippen LogP contribution in [0.5, 0.6) is 0 Å². The molecule has 8 nitrogen and oxygen atoms in total. The second-order valence-electron chi connectivity index (χ2n) is 9.94. The molecule has 37 heavy (non-hydrogen) atoms. The van der Waals surface area contributed by atoms with Crippen LogP contribution in [0.15, 0.2) is 64.7 Å². The van der Waals surface area contributed by atoms with Crippen molar-refractivity contribution in [3.8, 4) is 12.1 Å². The number of aliphatic imine (C=N–C) groups is 1. The highest BCUT2D eigenvalue weighted by molar-refractivity contribution is 5.92. The van der Waals surface area contributed by atoms with Crippen molar-refractivity contribution in [2.75, 3.05) is 11.4 Å². The molecule has 1 N–H and O–H groups in total. The van der Waals surface area contributed by atoms with E-state index in [4.69, 9.17) is 14.7 Å². The number of benzene rings is 2. The summed E-state index contributed by atoms with van der Waals surface area (Å²) >= 11 is 0. The zero-order valence-electron chi connectivity index (χ0n) is 21.8. The first kappa shape index (κ1) is 27.6. The van der Waals surface area contributed by atoms with E-state index in [1.807, 2.05) is 13.0 Å². The number of nitriles is 2. The number of aliphatic hydroxyl groups excluding tert-OH is 1. The fraction of sp³-hybridized carbons (Fsp3) is 0.379. The van der Waals surface area contributed by atoms with Gasteiger partial charge in [-0.25, -0.2) is 4.79 Å². The summed E-state index contributed by atoms with van der Waals surface area (Å²) in [7, 11) is 0. The molecule has 0 saturated carbocycles. The molecule has 2 aromatic carbocycles. The molecule has 0 aromatic heterocycles. The second kappa shape index (κ2) is 11.8. The molecule has 3 atom stereocenters. The fourth-order valence-corrected chi connectivity index (χ4v) is 4.05. The van der Waals surface area contributed by atoms with Crippen molar-refractivity contribution in [1.82, 2.24) is 0 Å². The van der Waals surface area contributed by atoms with Crippen molar-refractivity contribution in [3.63, 3.8) is 0 Å². The molecule has 0 aliphatic carbocycles. The first-order chi connectivity index (χ1) is 17.5. The number of anilines is 1. The molecule has 3 unspecified atom stereocenters. The molecule has 0 fully saturated rings. The average Bonchev–Trinajstić information content (AvgIpc) is 2.86. The van der Waals surface area contributed by atoms with Crippen LogP contribution in [-0.2, 0) is 16.1 Å². The van der Waals surface area contributed by atoms with E-state index < -0.39 is 23.9 Å². The lowest BCUT2D eigenvalue weighted by Gasteiger charge is -2.34. The third-order valence-electron chi connectivity index (χ3n) is 5.77. The van der Waals surface area contributed by atoms with Gasteiger partial charge >= 0.3 is 6.09 Å². The van der Waals surface area contributed by atoms with E-state index in [9.17, 15) is 15.2 Å². The Bertz CT molecular complexity index is 1260. The number of carbonyl (C=O) groups excluding carboxylic acids is 1. The smallest absolute Gasteiger partial charge is 0.415 e. The Morgan fingerprint density at radius 1 is 1.14 bits per heavy atom. The van der Waals surface area contributed by atoms with Crippen LogP contribution in [0.4, 0.5) is 10.5 Å². The minimum Gasteiger partial charge on any atom is -0.443 e. The third-order valence-corrected chi connectivity index (χ3v) is 5.77. The number of nitrogens with zero attached hydrogens (tertiary/aromatic N) is 4. The first-order valence-corrected chi connectivity index (χ1v) is 12.1. The van der Waals surface area contributed by atoms with Gasteiger partial charge in [0.15, 0.2) is 0 Å². The number of amides is 1. The van der Waals surface area contributed by atoms with Gasteiger partial charge in [-0.1, -0.05) is 12.1 Å². The van der Waals surface area contributed by atoms with Gasteiger partial charge in [0.25, 0.3) is 0 Å². The van der Waals surface area contributed by atoms with Crippen LogP contribution in [0.25, 0.3) is 0 Å². The van der Waals surface area contributed by atoms with Crippen LogP contribution in [0.3, 0.4) is 0 Å². The molecule has 2 aromatic rings. The predicted molar refractivity (Wildman–Crippen MR) is 141 cm³/mol. The number of ether oxygens (including phenoxy) is 2. The summed E-state index contributed by atoms with van der Waals surface area (Å²) in [6.07, 6.45) is -0.287. The topological polar surface area (TPSA) is 119 Å². The van der Waals surface area contributed by atoms with Gasteiger partial charge in [-0.05, 0) is 87.7 Å². The molecule has 1 aliphatic rings. The molecule has 1 amide bonds. The standard InChI is InChI=1S/C29H32N4O4/c1-19-27(36-18-23-8-6-7-22(13-23)15-31)26(20(2)34)24(16-32-19)17-33(28(35)37-29(3,4)5)25-11-9-21(14-30)10-12-25/h6-13,16,19-20,27,34H,17-18H2,1-5H3. The van der Waals surface area contributed by atoms with E-state index >= 15 is 0 Å². The zero-order chi connectivity index (χ0) is 27.2. The Morgan fingerprint density at radius 3 is 2.41 bits per heavy atom. The van der Waals surface area contributed by atoms with E-state index in [1.54, 1.807) is 76.4 Å². The molecule has 1 heterocycles. The van der Waals surface area contributed by atoms with Crippen molar-refractivity contribution in [2.24, 2.45) is 4.99 Å². The van der Waals surface area contributed by atoms with E-state index in [-0.39, 0.29) is 19.2 Å². The summed E-state index contributed by atoms with van der Waals surface area (Å²) in [6.45, 7) is 9.24. The van der Waals surface area contributed by atoms with E-state index in [2.05, 4.69) is 17.1 Å². The highest BCUT2D eigenvalue weighted by Crippen LogP contribution is 2.28. The Balaban J connectivity index is 1.95. The van der Waals surface area contributed by atoms with E-state index in [0.29, 0.717) is 28.0 Å². The van der Waals surface area contributed by atoms with Crippen molar-refractivity contribution in [2.45, 2.75) is 65.1 Å². The van der Waals surface area contributed by atoms with Crippen LogP contribution in [0.1, 0.15) is 51.3 Å². The molecular weight excluding hydrogens is 468 g/mol. The van der Waals surface area contributed by atoms with Crippen LogP contribution in [0.2, 0.25) is 0 Å². The van der Waals surface area contributed by atoms with Gasteiger partial charge in [0.2, 0.25) is 0 Å². The molecular formula is C29H32N4O4. The summed E-state index contributed by atoms with van der Waals surface area (Å²) < 4.78 is 11.9. The minimum atomic E-state index is -0.860. The molecule has 0 saturated heterocycles. The quantitative estimate of drug-likeness (QED) is 0.577. The largest absolute Gasteiger partial charge is 0.443 e. The van der Waals surface area contributed by atoms with Gasteiger partial charge in [0.05, 0.1) is 48.6 Å². The number of hydrogen-bond acceptors (Lipinski definition) is 7. The number of dihydropyridines is 1. The summed E-state index contributed by atoms with van der Waals surface area (Å²) in [5, 5.41) is 29.1. The van der Waals surface area contributed by atoms with E-state index in [1.165, 1.54) is 4.90 Å². The number of rotatable bonds is 7. The normalized spacial score (nSPS) is 18.1. The lowest BCUT2D eigenvalue weighted by Crippen LogP contribution is -2.42. The van der Waals surface area contributed by atoms with Crippen molar-refractivity contribution < 1.29 is 19.4 Å². The SMILES string of the molecule is CC(O)C1=C(CN(C(=O)OC(C)(C)C)c2ccc(C#N)cc2)C=NC(C)C1OCc1cccc(C#N)c1. The Morgan fingerprint density at radius 2 is 1.81 bits per heavy atom. The predicted octanol–water partition coefficient (Wildman–Crippen LogP) is 4.91. The lowest BCUT2D eigenvalue weighted by molar-refractivity contribution is 0.0344. The van der Waals surface area contributed by atoms with Crippen LogP contribution in [0, 0.1) is 22.7 Å². The van der Waals surface area contributed by atoms with Crippen LogP contribution < -0.4 is 4.90 Å². The van der Waals surface area contributed by atoms with Gasteiger partial charge in [-0.2, -0.15) is 10.5 Å². The van der Waals surface area contributed by atoms with Crippen molar-refractivity contribution >= 4 is 18.0 Å². The maximum atomic E-state index is 13.2. The minimum absolute atomic E-state index is 0.0844. The van der Waals surface area contributed by atoms with E-state index in [0.717, 1.165) is 5.56 Å². The number of aliphatic hydroxyl groups is 1. The van der Waals surface area contributed by atoms with Crippen molar-refractivity contribution in [3.05, 3.63) is 76.4 Å². The van der Waals surface area contributed by atoms with Gasteiger partial charge in [0, 0.05) is 11.9 Å². The third kappa shape index (κ3) is 7.27. The fourth-order valence-electron chi connectivity index (χ4n) is 4.05. The Kier molecular flexibility index (Phi) is 8.83. The number of hydrogen-bond donors (Lipinski definition) is 1. The molecule has 8 heteroatoms. The van der Waals surface area contributed by atoms with Gasteiger partial charge in [0.1, 0.15) is 11.7 Å². The summed E-state index contributed by atoms with van der Waals surface area (Å²) in [4.78, 5) is 19.3. The molecule has 1 aliphatic heterocycles. The van der Waals surface area contributed by atoms with Gasteiger partial charge in [-0.15, -0.1) is 0 Å². The monoisotopic (exact) mass is 500 g/mol. The second-order valence-corrected chi connectivity index (χ2v) is 9.94. The van der Waals surface area contributed by atoms with Crippen molar-refractivity contribution in [1.29, 1.82) is 10.5 Å². The van der Waals surface area contributed by atoms with Gasteiger partial charge < -0.3 is 14.6 Å². The maximum absolute atomic E-state index is 13.2. The highest BCUT2D eigenvalue weighted by atomic mass is 16.6.